The van der Waals surface area contributed by atoms with Gasteiger partial charge >= 0.3 is 0 Å². The molecule has 160 valence electrons. The van der Waals surface area contributed by atoms with E-state index >= 15 is 0 Å². The van der Waals surface area contributed by atoms with Crippen molar-refractivity contribution < 1.29 is 22.7 Å². The van der Waals surface area contributed by atoms with E-state index in [0.717, 1.165) is 0 Å². The predicted molar refractivity (Wildman–Crippen MR) is 116 cm³/mol. The van der Waals surface area contributed by atoms with Crippen molar-refractivity contribution in [1.29, 1.82) is 0 Å². The lowest BCUT2D eigenvalue weighted by atomic mass is 10.2. The van der Waals surface area contributed by atoms with Crippen LogP contribution < -0.4 is 9.46 Å². The highest BCUT2D eigenvalue weighted by molar-refractivity contribution is 9.10. The van der Waals surface area contributed by atoms with Crippen molar-refractivity contribution in [3.8, 4) is 5.75 Å². The van der Waals surface area contributed by atoms with Gasteiger partial charge in [0, 0.05) is 38.7 Å². The van der Waals surface area contributed by atoms with E-state index in [1.54, 1.807) is 34.1 Å². The van der Waals surface area contributed by atoms with Crippen LogP contribution in [0.15, 0.2) is 51.8 Å². The number of methoxy groups -OCH3 is 1. The molecular formula is C20H22BrN3O5S. The zero-order valence-electron chi connectivity index (χ0n) is 16.6. The summed E-state index contributed by atoms with van der Waals surface area (Å²) in [4.78, 5) is 27.6. The Morgan fingerprint density at radius 1 is 1.03 bits per heavy atom. The third-order valence-electron chi connectivity index (χ3n) is 4.81. The molecule has 1 N–H and O–H groups in total. The lowest BCUT2D eigenvalue weighted by molar-refractivity contribution is -0.130. The van der Waals surface area contributed by atoms with E-state index in [9.17, 15) is 18.0 Å². The molecule has 0 saturated carbocycles. The summed E-state index contributed by atoms with van der Waals surface area (Å²) in [5.74, 6) is 0.296. The Labute approximate surface area is 184 Å². The Balaban J connectivity index is 1.76. The molecule has 1 fully saturated rings. The quantitative estimate of drug-likeness (QED) is 0.687. The minimum absolute atomic E-state index is 0.0114. The normalized spacial score (nSPS) is 14.4. The number of piperazine rings is 1. The third-order valence-corrected chi connectivity index (χ3v) is 6.81. The monoisotopic (exact) mass is 495 g/mol. The average Bonchev–Trinajstić information content (AvgIpc) is 2.73. The van der Waals surface area contributed by atoms with Gasteiger partial charge in [-0.1, -0.05) is 6.07 Å². The molecule has 1 saturated heterocycles. The van der Waals surface area contributed by atoms with Gasteiger partial charge in [0.05, 0.1) is 22.2 Å². The lowest BCUT2D eigenvalue weighted by Crippen LogP contribution is -2.50. The number of hydrogen-bond donors (Lipinski definition) is 1. The second-order valence-electron chi connectivity index (χ2n) is 6.78. The third kappa shape index (κ3) is 4.93. The van der Waals surface area contributed by atoms with Crippen LogP contribution in [0.3, 0.4) is 0 Å². The van der Waals surface area contributed by atoms with Gasteiger partial charge in [-0.05, 0) is 52.3 Å². The maximum Gasteiger partial charge on any atom is 0.261 e. The number of halogens is 1. The molecule has 30 heavy (non-hydrogen) atoms. The maximum absolute atomic E-state index is 12.8. The van der Waals surface area contributed by atoms with Gasteiger partial charge in [-0.2, -0.15) is 0 Å². The highest BCUT2D eigenvalue weighted by atomic mass is 79.9. The fraction of sp³-hybridized carbons (Fsp3) is 0.300. The van der Waals surface area contributed by atoms with Crippen molar-refractivity contribution in [2.45, 2.75) is 11.8 Å². The molecular weight excluding hydrogens is 474 g/mol. The van der Waals surface area contributed by atoms with Gasteiger partial charge in [0.2, 0.25) is 5.91 Å². The summed E-state index contributed by atoms with van der Waals surface area (Å²) in [6, 6.07) is 10.7. The first kappa shape index (κ1) is 22.1. The minimum atomic E-state index is -3.89. The van der Waals surface area contributed by atoms with Crippen molar-refractivity contribution in [3.63, 3.8) is 0 Å². The maximum atomic E-state index is 12.8. The fourth-order valence-corrected chi connectivity index (χ4v) is 4.78. The van der Waals surface area contributed by atoms with Crippen molar-refractivity contribution in [1.82, 2.24) is 9.80 Å². The molecule has 0 bridgehead atoms. The SMILES string of the molecule is COc1ccc(NS(=O)(=O)c2cccc(C(=O)N3CCN(C(C)=O)CC3)c2)cc1Br. The van der Waals surface area contributed by atoms with Gasteiger partial charge in [0.25, 0.3) is 15.9 Å². The summed E-state index contributed by atoms with van der Waals surface area (Å²) in [6.45, 7) is 3.25. The van der Waals surface area contributed by atoms with Gasteiger partial charge < -0.3 is 14.5 Å². The zero-order chi connectivity index (χ0) is 21.9. The van der Waals surface area contributed by atoms with Crippen LogP contribution in [0.2, 0.25) is 0 Å². The van der Waals surface area contributed by atoms with Crippen LogP contribution in [-0.2, 0) is 14.8 Å². The van der Waals surface area contributed by atoms with E-state index in [2.05, 4.69) is 20.7 Å². The Morgan fingerprint density at radius 2 is 1.70 bits per heavy atom. The molecule has 1 heterocycles. The molecule has 2 amide bonds. The Hall–Kier alpha value is -2.59. The molecule has 2 aromatic rings. The summed E-state index contributed by atoms with van der Waals surface area (Å²) in [5.41, 5.74) is 0.643. The van der Waals surface area contributed by atoms with Crippen molar-refractivity contribution in [2.75, 3.05) is 38.0 Å². The Bertz CT molecular complexity index is 1070. The molecule has 0 aliphatic carbocycles. The second kappa shape index (κ2) is 9.05. The molecule has 2 aromatic carbocycles. The first-order chi connectivity index (χ1) is 14.2. The predicted octanol–water partition coefficient (Wildman–Crippen LogP) is 2.56. The number of sulfonamides is 1. The van der Waals surface area contributed by atoms with E-state index in [-0.39, 0.29) is 22.3 Å². The molecule has 10 heteroatoms. The van der Waals surface area contributed by atoms with E-state index < -0.39 is 10.0 Å². The average molecular weight is 496 g/mol. The van der Waals surface area contributed by atoms with E-state index in [1.807, 2.05) is 0 Å². The molecule has 0 aromatic heterocycles. The molecule has 1 aliphatic rings. The number of amides is 2. The molecule has 1 aliphatic heterocycles. The highest BCUT2D eigenvalue weighted by Crippen LogP contribution is 2.29. The van der Waals surface area contributed by atoms with Crippen molar-refractivity contribution in [2.24, 2.45) is 0 Å². The molecule has 0 spiro atoms. The number of anilines is 1. The lowest BCUT2D eigenvalue weighted by Gasteiger charge is -2.34. The van der Waals surface area contributed by atoms with E-state index in [0.29, 0.717) is 42.1 Å². The summed E-state index contributed by atoms with van der Waals surface area (Å²) in [6.07, 6.45) is 0. The van der Waals surface area contributed by atoms with Crippen LogP contribution in [0.1, 0.15) is 17.3 Å². The molecule has 8 nitrogen and oxygen atoms in total. The molecule has 0 atom stereocenters. The van der Waals surface area contributed by atoms with Crippen molar-refractivity contribution >= 4 is 43.5 Å². The standard InChI is InChI=1S/C20H22BrN3O5S/c1-14(25)23-8-10-24(11-9-23)20(26)15-4-3-5-17(12-15)30(27,28)22-16-6-7-19(29-2)18(21)13-16/h3-7,12-13,22H,8-11H2,1-2H3. The highest BCUT2D eigenvalue weighted by Gasteiger charge is 2.24. The number of rotatable bonds is 5. The molecule has 0 unspecified atom stereocenters. The number of carbonyl (C=O) groups is 2. The van der Waals surface area contributed by atoms with E-state index in [4.69, 9.17) is 4.74 Å². The summed E-state index contributed by atoms with van der Waals surface area (Å²) in [7, 11) is -2.37. The largest absolute Gasteiger partial charge is 0.496 e. The zero-order valence-corrected chi connectivity index (χ0v) is 19.0. The van der Waals surface area contributed by atoms with Crippen molar-refractivity contribution in [3.05, 3.63) is 52.5 Å². The van der Waals surface area contributed by atoms with Crippen LogP contribution in [0.25, 0.3) is 0 Å². The summed E-state index contributed by atoms with van der Waals surface area (Å²) >= 11 is 3.32. The van der Waals surface area contributed by atoms with Crippen LogP contribution in [-0.4, -0.2) is 63.3 Å². The topological polar surface area (TPSA) is 96.0 Å². The smallest absolute Gasteiger partial charge is 0.261 e. The van der Waals surface area contributed by atoms with Gasteiger partial charge in [0.15, 0.2) is 0 Å². The number of nitrogens with zero attached hydrogens (tertiary/aromatic N) is 2. The number of hydrogen-bond acceptors (Lipinski definition) is 5. The number of carbonyl (C=O) groups excluding carboxylic acids is 2. The van der Waals surface area contributed by atoms with Crippen LogP contribution >= 0.6 is 15.9 Å². The first-order valence-electron chi connectivity index (χ1n) is 9.22. The van der Waals surface area contributed by atoms with Gasteiger partial charge in [-0.3, -0.25) is 14.3 Å². The van der Waals surface area contributed by atoms with E-state index in [1.165, 1.54) is 32.2 Å². The number of nitrogens with one attached hydrogen (secondary N) is 1. The number of benzene rings is 2. The van der Waals surface area contributed by atoms with Crippen LogP contribution in [0.5, 0.6) is 5.75 Å². The summed E-state index contributed by atoms with van der Waals surface area (Å²) in [5, 5.41) is 0. The summed E-state index contributed by atoms with van der Waals surface area (Å²) < 4.78 is 33.9. The van der Waals surface area contributed by atoms with Crippen LogP contribution in [0, 0.1) is 0 Å². The van der Waals surface area contributed by atoms with Crippen LogP contribution in [0.4, 0.5) is 5.69 Å². The first-order valence-corrected chi connectivity index (χ1v) is 11.5. The molecule has 0 radical (unpaired) electrons. The fourth-order valence-electron chi connectivity index (χ4n) is 3.15. The molecule has 3 rings (SSSR count). The van der Waals surface area contributed by atoms with Gasteiger partial charge in [0.1, 0.15) is 5.75 Å². The minimum Gasteiger partial charge on any atom is -0.496 e. The number of ether oxygens (including phenoxy) is 1. The second-order valence-corrected chi connectivity index (χ2v) is 9.32. The Morgan fingerprint density at radius 3 is 2.30 bits per heavy atom. The Kier molecular flexibility index (Phi) is 6.67. The van der Waals surface area contributed by atoms with Gasteiger partial charge in [-0.25, -0.2) is 8.42 Å². The van der Waals surface area contributed by atoms with Gasteiger partial charge in [-0.15, -0.1) is 0 Å².